The summed E-state index contributed by atoms with van der Waals surface area (Å²) in [4.78, 5) is 9.96. The lowest BCUT2D eigenvalue weighted by Gasteiger charge is -2.10. The fraction of sp³-hybridized carbons (Fsp3) is 0.462. The minimum absolute atomic E-state index is 0. The van der Waals surface area contributed by atoms with E-state index in [9.17, 15) is 0 Å². The number of hydrogen-bond acceptors (Lipinski definition) is 4. The van der Waals surface area contributed by atoms with Gasteiger partial charge in [0.2, 0.25) is 0 Å². The molecule has 0 aliphatic carbocycles. The zero-order chi connectivity index (χ0) is 14.4. The molecular weight excluding hydrogens is 399 g/mol. The van der Waals surface area contributed by atoms with Gasteiger partial charge in [-0.3, -0.25) is 9.67 Å². The summed E-state index contributed by atoms with van der Waals surface area (Å²) < 4.78 is 1.88. The third-order valence-electron chi connectivity index (χ3n) is 2.90. The molecule has 2 rings (SSSR count). The van der Waals surface area contributed by atoms with Crippen molar-refractivity contribution in [1.82, 2.24) is 25.4 Å². The number of hydrogen-bond donors (Lipinski definition) is 2. The number of guanidine groups is 1. The SMILES string of the molecule is CN=C(NCCn1cccn1)NCc1nc(C)c(C)s1.I. The molecule has 0 radical (unpaired) electrons. The van der Waals surface area contributed by atoms with Gasteiger partial charge in [0, 0.05) is 30.9 Å². The van der Waals surface area contributed by atoms with Gasteiger partial charge in [-0.05, 0) is 19.9 Å². The molecule has 0 atom stereocenters. The fourth-order valence-electron chi connectivity index (χ4n) is 1.72. The highest BCUT2D eigenvalue weighted by atomic mass is 127. The number of rotatable bonds is 5. The Labute approximate surface area is 146 Å². The van der Waals surface area contributed by atoms with E-state index < -0.39 is 0 Å². The largest absolute Gasteiger partial charge is 0.355 e. The first kappa shape index (κ1) is 17.9. The van der Waals surface area contributed by atoms with Crippen LogP contribution in [0.3, 0.4) is 0 Å². The van der Waals surface area contributed by atoms with Crippen molar-refractivity contribution in [1.29, 1.82) is 0 Å². The van der Waals surface area contributed by atoms with E-state index in [0.717, 1.165) is 29.8 Å². The average molecular weight is 420 g/mol. The molecule has 0 aliphatic rings. The molecule has 0 aliphatic heterocycles. The Morgan fingerprint density at radius 3 is 2.76 bits per heavy atom. The van der Waals surface area contributed by atoms with Crippen LogP contribution in [0.15, 0.2) is 23.5 Å². The lowest BCUT2D eigenvalue weighted by molar-refractivity contribution is 0.597. The second-order valence-corrected chi connectivity index (χ2v) is 5.66. The Morgan fingerprint density at radius 2 is 2.19 bits per heavy atom. The van der Waals surface area contributed by atoms with E-state index >= 15 is 0 Å². The molecule has 116 valence electrons. The van der Waals surface area contributed by atoms with Crippen LogP contribution in [0.2, 0.25) is 0 Å². The third-order valence-corrected chi connectivity index (χ3v) is 3.97. The summed E-state index contributed by atoms with van der Waals surface area (Å²) in [5, 5.41) is 11.7. The van der Waals surface area contributed by atoms with Crippen molar-refractivity contribution in [2.45, 2.75) is 26.9 Å². The molecule has 2 N–H and O–H groups in total. The maximum Gasteiger partial charge on any atom is 0.191 e. The molecule has 6 nitrogen and oxygen atoms in total. The first-order valence-electron chi connectivity index (χ1n) is 6.54. The van der Waals surface area contributed by atoms with Crippen molar-refractivity contribution < 1.29 is 0 Å². The summed E-state index contributed by atoms with van der Waals surface area (Å²) in [7, 11) is 1.77. The quantitative estimate of drug-likeness (QED) is 0.441. The zero-order valence-corrected chi connectivity index (χ0v) is 15.6. The van der Waals surface area contributed by atoms with Crippen LogP contribution >= 0.6 is 35.3 Å². The molecule has 0 saturated heterocycles. The van der Waals surface area contributed by atoms with Gasteiger partial charge in [-0.25, -0.2) is 4.98 Å². The molecule has 0 aromatic carbocycles. The number of nitrogens with one attached hydrogen (secondary N) is 2. The van der Waals surface area contributed by atoms with Crippen LogP contribution < -0.4 is 10.6 Å². The molecule has 0 spiro atoms. The Kier molecular flexibility index (Phi) is 7.65. The summed E-state index contributed by atoms with van der Waals surface area (Å²) >= 11 is 1.72. The summed E-state index contributed by atoms with van der Waals surface area (Å²) in [6, 6.07) is 1.92. The number of nitrogens with zero attached hydrogens (tertiary/aromatic N) is 4. The second kappa shape index (κ2) is 8.98. The Balaban J connectivity index is 0.00000220. The monoisotopic (exact) mass is 420 g/mol. The van der Waals surface area contributed by atoms with Crippen LogP contribution in [0.4, 0.5) is 0 Å². The van der Waals surface area contributed by atoms with E-state index in [4.69, 9.17) is 0 Å². The van der Waals surface area contributed by atoms with Gasteiger partial charge in [0.1, 0.15) is 5.01 Å². The van der Waals surface area contributed by atoms with Gasteiger partial charge in [0.05, 0.1) is 18.8 Å². The van der Waals surface area contributed by atoms with Gasteiger partial charge in [-0.1, -0.05) is 0 Å². The predicted molar refractivity (Wildman–Crippen MR) is 97.4 cm³/mol. The topological polar surface area (TPSA) is 67.1 Å². The van der Waals surface area contributed by atoms with Crippen molar-refractivity contribution in [3.05, 3.63) is 34.0 Å². The predicted octanol–water partition coefficient (Wildman–Crippen LogP) is 1.94. The number of aliphatic imine (C=N–C) groups is 1. The number of halogens is 1. The van der Waals surface area contributed by atoms with Gasteiger partial charge in [-0.15, -0.1) is 35.3 Å². The van der Waals surface area contributed by atoms with Crippen LogP contribution in [-0.4, -0.2) is 34.3 Å². The molecule has 0 unspecified atom stereocenters. The van der Waals surface area contributed by atoms with E-state index in [1.54, 1.807) is 24.6 Å². The summed E-state index contributed by atoms with van der Waals surface area (Å²) in [5.41, 5.74) is 1.11. The van der Waals surface area contributed by atoms with Crippen molar-refractivity contribution in [3.8, 4) is 0 Å². The van der Waals surface area contributed by atoms with Gasteiger partial charge in [0.25, 0.3) is 0 Å². The average Bonchev–Trinajstić information content (AvgIpc) is 3.05. The zero-order valence-electron chi connectivity index (χ0n) is 12.5. The maximum atomic E-state index is 4.50. The smallest absolute Gasteiger partial charge is 0.191 e. The van der Waals surface area contributed by atoms with Crippen molar-refractivity contribution in [3.63, 3.8) is 0 Å². The first-order chi connectivity index (χ1) is 9.69. The number of aryl methyl sites for hydroxylation is 2. The lowest BCUT2D eigenvalue weighted by atomic mass is 10.4. The fourth-order valence-corrected chi connectivity index (χ4v) is 2.59. The van der Waals surface area contributed by atoms with Crippen LogP contribution in [0.1, 0.15) is 15.6 Å². The highest BCUT2D eigenvalue weighted by Gasteiger charge is 2.04. The van der Waals surface area contributed by atoms with Crippen molar-refractivity contribution in [2.75, 3.05) is 13.6 Å². The second-order valence-electron chi connectivity index (χ2n) is 4.37. The normalized spacial score (nSPS) is 11.1. The van der Waals surface area contributed by atoms with Crippen LogP contribution in [0, 0.1) is 13.8 Å². The summed E-state index contributed by atoms with van der Waals surface area (Å²) in [5.74, 6) is 0.780. The van der Waals surface area contributed by atoms with Crippen LogP contribution in [-0.2, 0) is 13.1 Å². The first-order valence-corrected chi connectivity index (χ1v) is 7.35. The maximum absolute atomic E-state index is 4.50. The molecule has 0 saturated carbocycles. The Morgan fingerprint density at radius 1 is 1.38 bits per heavy atom. The standard InChI is InChI=1S/C13H20N6S.HI/c1-10-11(2)20-12(18-10)9-16-13(14-3)15-6-8-19-7-4-5-17-19;/h4-5,7H,6,8-9H2,1-3H3,(H2,14,15,16);1H. The minimum Gasteiger partial charge on any atom is -0.355 e. The van der Waals surface area contributed by atoms with E-state index in [2.05, 4.69) is 32.6 Å². The molecule has 21 heavy (non-hydrogen) atoms. The number of aromatic nitrogens is 3. The molecule has 0 fully saturated rings. The minimum atomic E-state index is 0. The van der Waals surface area contributed by atoms with Crippen molar-refractivity contribution >= 4 is 41.3 Å². The van der Waals surface area contributed by atoms with E-state index in [0.29, 0.717) is 6.54 Å². The van der Waals surface area contributed by atoms with Gasteiger partial charge >= 0.3 is 0 Å². The van der Waals surface area contributed by atoms with Crippen LogP contribution in [0.25, 0.3) is 0 Å². The molecule has 8 heteroatoms. The summed E-state index contributed by atoms with van der Waals surface area (Å²) in [6.45, 7) is 6.40. The lowest BCUT2D eigenvalue weighted by Crippen LogP contribution is -2.38. The highest BCUT2D eigenvalue weighted by Crippen LogP contribution is 2.15. The summed E-state index contributed by atoms with van der Waals surface area (Å²) in [6.07, 6.45) is 3.72. The van der Waals surface area contributed by atoms with E-state index in [1.165, 1.54) is 4.88 Å². The molecule has 2 aromatic rings. The van der Waals surface area contributed by atoms with Gasteiger partial charge in [0.15, 0.2) is 5.96 Å². The number of thiazole rings is 1. The molecule has 0 amide bonds. The molecule has 2 heterocycles. The molecule has 0 bridgehead atoms. The highest BCUT2D eigenvalue weighted by molar-refractivity contribution is 14.0. The Bertz CT molecular complexity index is 544. The van der Waals surface area contributed by atoms with E-state index in [-0.39, 0.29) is 24.0 Å². The van der Waals surface area contributed by atoms with Crippen molar-refractivity contribution in [2.24, 2.45) is 4.99 Å². The Hall–Kier alpha value is -1.16. The van der Waals surface area contributed by atoms with Gasteiger partial charge < -0.3 is 10.6 Å². The van der Waals surface area contributed by atoms with E-state index in [1.807, 2.05) is 23.9 Å². The molecule has 2 aromatic heterocycles. The molecular formula is C13H21IN6S. The third kappa shape index (κ3) is 5.62. The van der Waals surface area contributed by atoms with Crippen LogP contribution in [0.5, 0.6) is 0 Å². The van der Waals surface area contributed by atoms with Gasteiger partial charge in [-0.2, -0.15) is 5.10 Å².